The minimum Gasteiger partial charge on any atom is -0.331 e. The van der Waals surface area contributed by atoms with Crippen molar-refractivity contribution in [3.8, 4) is 6.07 Å². The number of rotatable bonds is 2. The fourth-order valence-electron chi connectivity index (χ4n) is 2.84. The van der Waals surface area contributed by atoms with Crippen molar-refractivity contribution in [2.24, 2.45) is 0 Å². The SMILES string of the molecule is N#Cc1cccc(C(=O)N2CCN(c3ccc(C(F)(F)F)c[nH+]3)CC2)c1. The van der Waals surface area contributed by atoms with Gasteiger partial charge in [-0.1, -0.05) is 6.07 Å². The summed E-state index contributed by atoms with van der Waals surface area (Å²) in [6.45, 7) is 1.91. The van der Waals surface area contributed by atoms with Crippen molar-refractivity contribution in [1.29, 1.82) is 5.26 Å². The summed E-state index contributed by atoms with van der Waals surface area (Å²) >= 11 is 0. The number of pyridine rings is 1. The summed E-state index contributed by atoms with van der Waals surface area (Å²) in [5.74, 6) is 0.426. The molecule has 26 heavy (non-hydrogen) atoms. The highest BCUT2D eigenvalue weighted by molar-refractivity contribution is 5.94. The number of nitrogens with zero attached hydrogens (tertiary/aromatic N) is 3. The standard InChI is InChI=1S/C18H15F3N4O/c19-18(20,21)15-4-5-16(23-12-15)24-6-8-25(9-7-24)17(26)14-3-1-2-13(10-14)11-22/h1-5,10,12H,6-9H2/p+1. The Hall–Kier alpha value is -3.08. The number of anilines is 1. The third-order valence-corrected chi connectivity index (χ3v) is 4.27. The number of carbonyl (C=O) groups is 1. The summed E-state index contributed by atoms with van der Waals surface area (Å²) in [6.07, 6.45) is -3.43. The topological polar surface area (TPSA) is 61.5 Å². The predicted octanol–water partition coefficient (Wildman–Crippen LogP) is 2.35. The van der Waals surface area contributed by atoms with Crippen molar-refractivity contribution >= 4 is 11.7 Å². The van der Waals surface area contributed by atoms with E-state index in [1.54, 1.807) is 29.2 Å². The second kappa shape index (κ2) is 7.04. The number of alkyl halides is 3. The Morgan fingerprint density at radius 1 is 1.12 bits per heavy atom. The molecule has 1 aromatic heterocycles. The largest absolute Gasteiger partial charge is 0.419 e. The van der Waals surface area contributed by atoms with E-state index in [0.29, 0.717) is 43.1 Å². The van der Waals surface area contributed by atoms with E-state index in [0.717, 1.165) is 12.3 Å². The number of hydrogen-bond acceptors (Lipinski definition) is 3. The molecule has 0 bridgehead atoms. The third kappa shape index (κ3) is 3.77. The van der Waals surface area contributed by atoms with Crippen LogP contribution in [0.1, 0.15) is 21.5 Å². The molecule has 1 fully saturated rings. The van der Waals surface area contributed by atoms with E-state index in [2.05, 4.69) is 4.98 Å². The lowest BCUT2D eigenvalue weighted by molar-refractivity contribution is -0.367. The maximum Gasteiger partial charge on any atom is 0.419 e. The van der Waals surface area contributed by atoms with E-state index in [-0.39, 0.29) is 5.91 Å². The van der Waals surface area contributed by atoms with Gasteiger partial charge in [0.25, 0.3) is 11.7 Å². The number of aromatic amines is 1. The van der Waals surface area contributed by atoms with Gasteiger partial charge in [-0.3, -0.25) is 9.69 Å². The number of benzene rings is 1. The van der Waals surface area contributed by atoms with Gasteiger partial charge in [0.2, 0.25) is 0 Å². The first-order chi connectivity index (χ1) is 12.4. The number of piperazine rings is 1. The normalized spacial score (nSPS) is 14.8. The quantitative estimate of drug-likeness (QED) is 0.825. The van der Waals surface area contributed by atoms with E-state index < -0.39 is 11.7 Å². The lowest BCUT2D eigenvalue weighted by Crippen LogP contribution is -2.50. The molecule has 0 aliphatic carbocycles. The average molecular weight is 361 g/mol. The number of H-pyrrole nitrogens is 1. The molecule has 2 heterocycles. The zero-order chi connectivity index (χ0) is 18.7. The van der Waals surface area contributed by atoms with Crippen LogP contribution in [-0.4, -0.2) is 37.0 Å². The van der Waals surface area contributed by atoms with Gasteiger partial charge in [-0.05, 0) is 24.3 Å². The van der Waals surface area contributed by atoms with E-state index >= 15 is 0 Å². The van der Waals surface area contributed by atoms with Crippen LogP contribution >= 0.6 is 0 Å². The molecular formula is C18H16F3N4O+. The van der Waals surface area contributed by atoms with Crippen molar-refractivity contribution in [3.63, 3.8) is 0 Å². The molecule has 134 valence electrons. The monoisotopic (exact) mass is 361 g/mol. The lowest BCUT2D eigenvalue weighted by atomic mass is 10.1. The Labute approximate surface area is 148 Å². The van der Waals surface area contributed by atoms with Gasteiger partial charge in [0, 0.05) is 11.6 Å². The molecule has 0 saturated carbocycles. The Morgan fingerprint density at radius 3 is 2.42 bits per heavy atom. The van der Waals surface area contributed by atoms with Crippen LogP contribution in [0.25, 0.3) is 0 Å². The minimum atomic E-state index is -4.38. The molecule has 0 spiro atoms. The van der Waals surface area contributed by atoms with Gasteiger partial charge in [-0.15, -0.1) is 0 Å². The van der Waals surface area contributed by atoms with Crippen LogP contribution < -0.4 is 9.88 Å². The molecule has 1 aromatic carbocycles. The van der Waals surface area contributed by atoms with Crippen LogP contribution in [0.3, 0.4) is 0 Å². The van der Waals surface area contributed by atoms with E-state index in [4.69, 9.17) is 5.26 Å². The molecule has 1 saturated heterocycles. The molecule has 0 atom stereocenters. The van der Waals surface area contributed by atoms with Crippen LogP contribution in [0.2, 0.25) is 0 Å². The third-order valence-electron chi connectivity index (χ3n) is 4.27. The predicted molar refractivity (Wildman–Crippen MR) is 87.3 cm³/mol. The Balaban J connectivity index is 1.64. The Bertz CT molecular complexity index is 835. The first-order valence-corrected chi connectivity index (χ1v) is 8.02. The van der Waals surface area contributed by atoms with Gasteiger partial charge in [-0.25, -0.2) is 4.98 Å². The molecular weight excluding hydrogens is 345 g/mol. The first kappa shape index (κ1) is 17.7. The van der Waals surface area contributed by atoms with Crippen molar-refractivity contribution in [2.75, 3.05) is 31.1 Å². The molecule has 2 aromatic rings. The number of amides is 1. The van der Waals surface area contributed by atoms with Crippen molar-refractivity contribution < 1.29 is 22.9 Å². The van der Waals surface area contributed by atoms with Gasteiger partial charge in [-0.2, -0.15) is 18.4 Å². The number of hydrogen-bond donors (Lipinski definition) is 0. The summed E-state index contributed by atoms with van der Waals surface area (Å²) in [6, 6.07) is 11.0. The second-order valence-electron chi connectivity index (χ2n) is 5.93. The summed E-state index contributed by atoms with van der Waals surface area (Å²) < 4.78 is 37.9. The molecule has 1 aliphatic rings. The highest BCUT2D eigenvalue weighted by Gasteiger charge is 2.33. The number of nitrogens with one attached hydrogen (secondary N) is 1. The lowest BCUT2D eigenvalue weighted by Gasteiger charge is -2.31. The Kier molecular flexibility index (Phi) is 4.80. The molecule has 0 radical (unpaired) electrons. The first-order valence-electron chi connectivity index (χ1n) is 8.02. The number of carbonyl (C=O) groups excluding carboxylic acids is 1. The number of nitriles is 1. The van der Waals surface area contributed by atoms with Gasteiger partial charge in [0.1, 0.15) is 19.3 Å². The zero-order valence-electron chi connectivity index (χ0n) is 13.8. The highest BCUT2D eigenvalue weighted by Crippen LogP contribution is 2.28. The molecule has 5 nitrogen and oxygen atoms in total. The Morgan fingerprint density at radius 2 is 1.85 bits per heavy atom. The van der Waals surface area contributed by atoms with Gasteiger partial charge >= 0.3 is 6.18 Å². The van der Waals surface area contributed by atoms with Crippen LogP contribution in [0.4, 0.5) is 19.0 Å². The number of halogens is 3. The highest BCUT2D eigenvalue weighted by atomic mass is 19.4. The smallest absolute Gasteiger partial charge is 0.331 e. The van der Waals surface area contributed by atoms with E-state index in [1.807, 2.05) is 11.0 Å². The van der Waals surface area contributed by atoms with Gasteiger partial charge < -0.3 is 4.90 Å². The van der Waals surface area contributed by atoms with E-state index in [9.17, 15) is 18.0 Å². The van der Waals surface area contributed by atoms with Crippen molar-refractivity contribution in [2.45, 2.75) is 6.18 Å². The zero-order valence-corrected chi connectivity index (χ0v) is 13.8. The maximum atomic E-state index is 12.6. The summed E-state index contributed by atoms with van der Waals surface area (Å²) in [5.41, 5.74) is 0.153. The van der Waals surface area contributed by atoms with Gasteiger partial charge in [0.05, 0.1) is 30.3 Å². The van der Waals surface area contributed by atoms with Crippen LogP contribution in [0, 0.1) is 11.3 Å². The minimum absolute atomic E-state index is 0.154. The summed E-state index contributed by atoms with van der Waals surface area (Å²) in [4.78, 5) is 18.8. The molecule has 1 amide bonds. The van der Waals surface area contributed by atoms with Crippen molar-refractivity contribution in [1.82, 2.24) is 4.90 Å². The molecule has 0 unspecified atom stereocenters. The maximum absolute atomic E-state index is 12.6. The molecule has 8 heteroatoms. The second-order valence-corrected chi connectivity index (χ2v) is 5.93. The number of aromatic nitrogens is 1. The van der Waals surface area contributed by atoms with Crippen LogP contribution in [0.5, 0.6) is 0 Å². The summed E-state index contributed by atoms with van der Waals surface area (Å²) in [5, 5.41) is 8.93. The van der Waals surface area contributed by atoms with Gasteiger partial charge in [0.15, 0.2) is 0 Å². The van der Waals surface area contributed by atoms with Crippen LogP contribution in [0.15, 0.2) is 42.6 Å². The van der Waals surface area contributed by atoms with Crippen LogP contribution in [-0.2, 0) is 6.18 Å². The molecule has 3 rings (SSSR count). The molecule has 1 N–H and O–H groups in total. The van der Waals surface area contributed by atoms with Crippen molar-refractivity contribution in [3.05, 3.63) is 59.3 Å². The van der Waals surface area contributed by atoms with E-state index in [1.165, 1.54) is 6.07 Å². The molecule has 1 aliphatic heterocycles. The average Bonchev–Trinajstić information content (AvgIpc) is 2.67. The fourth-order valence-corrected chi connectivity index (χ4v) is 2.84. The summed E-state index contributed by atoms with van der Waals surface area (Å²) in [7, 11) is 0. The fraction of sp³-hybridized carbons (Fsp3) is 0.278.